The summed E-state index contributed by atoms with van der Waals surface area (Å²) in [6.45, 7) is 3.86. The van der Waals surface area contributed by atoms with Gasteiger partial charge in [-0.25, -0.2) is 0 Å². The number of carbonyl (C=O) groups is 2. The fraction of sp³-hybridized carbons (Fsp3) is 0.185. The van der Waals surface area contributed by atoms with Crippen LogP contribution in [0.5, 0.6) is 0 Å². The van der Waals surface area contributed by atoms with Crippen LogP contribution in [0, 0.1) is 13.8 Å². The average molecular weight is 687 g/mol. The minimum atomic E-state index is -4.59. The Morgan fingerprint density at radius 3 is 2.49 bits per heavy atom. The molecule has 4 aromatic rings. The second kappa shape index (κ2) is 12.8. The molecule has 0 spiro atoms. The molecule has 41 heavy (non-hydrogen) atoms. The van der Waals surface area contributed by atoms with E-state index in [-0.39, 0.29) is 33.6 Å². The van der Waals surface area contributed by atoms with Crippen LogP contribution in [-0.2, 0) is 17.5 Å². The monoisotopic (exact) mass is 685 g/mol. The molecule has 0 unspecified atom stereocenters. The lowest BCUT2D eigenvalue weighted by Gasteiger charge is -2.15. The summed E-state index contributed by atoms with van der Waals surface area (Å²) in [7, 11) is 0. The topological polar surface area (TPSA) is 88.9 Å². The van der Waals surface area contributed by atoms with Gasteiger partial charge in [0.05, 0.1) is 44.8 Å². The second-order valence-corrected chi connectivity index (χ2v) is 11.5. The summed E-state index contributed by atoms with van der Waals surface area (Å²) >= 11 is 16.6. The molecule has 2 amide bonds. The van der Waals surface area contributed by atoms with Gasteiger partial charge >= 0.3 is 6.18 Å². The number of hydrogen-bond donors (Lipinski definition) is 2. The van der Waals surface area contributed by atoms with Gasteiger partial charge in [0.15, 0.2) is 11.0 Å². The van der Waals surface area contributed by atoms with E-state index in [0.717, 1.165) is 46.8 Å². The number of alkyl halides is 3. The maximum atomic E-state index is 13.1. The smallest absolute Gasteiger partial charge is 0.345 e. The number of amides is 2. The minimum absolute atomic E-state index is 0.00530. The second-order valence-electron chi connectivity index (χ2n) is 8.79. The fourth-order valence-electron chi connectivity index (χ4n) is 3.77. The van der Waals surface area contributed by atoms with Crippen molar-refractivity contribution in [3.05, 3.63) is 97.2 Å². The van der Waals surface area contributed by atoms with Gasteiger partial charge in [0.2, 0.25) is 5.91 Å². The molecular formula is C27H21BrCl2F3N5O2S. The van der Waals surface area contributed by atoms with Gasteiger partial charge < -0.3 is 10.6 Å². The van der Waals surface area contributed by atoms with Gasteiger partial charge in [-0.3, -0.25) is 14.2 Å². The molecule has 0 aliphatic heterocycles. The number of rotatable bonds is 8. The van der Waals surface area contributed by atoms with Crippen LogP contribution in [0.3, 0.4) is 0 Å². The molecule has 1 aromatic heterocycles. The molecule has 0 fully saturated rings. The summed E-state index contributed by atoms with van der Waals surface area (Å²) in [6, 6.07) is 13.3. The zero-order valence-electron chi connectivity index (χ0n) is 21.4. The number of anilines is 1. The van der Waals surface area contributed by atoms with Crippen molar-refractivity contribution < 1.29 is 22.8 Å². The van der Waals surface area contributed by atoms with Gasteiger partial charge in [-0.05, 0) is 67.4 Å². The number of aryl methyl sites for hydroxylation is 1. The highest BCUT2D eigenvalue weighted by Gasteiger charge is 2.31. The maximum absolute atomic E-state index is 13.1. The molecule has 14 heteroatoms. The van der Waals surface area contributed by atoms with Gasteiger partial charge in [0.1, 0.15) is 0 Å². The van der Waals surface area contributed by atoms with E-state index < -0.39 is 23.6 Å². The van der Waals surface area contributed by atoms with Crippen LogP contribution in [0.4, 0.5) is 18.9 Å². The lowest BCUT2D eigenvalue weighted by molar-refractivity contribution is -0.137. The lowest BCUT2D eigenvalue weighted by Crippen LogP contribution is -2.25. The first-order valence-electron chi connectivity index (χ1n) is 11.9. The molecular weight excluding hydrogens is 666 g/mol. The summed E-state index contributed by atoms with van der Waals surface area (Å²) in [6.07, 6.45) is -4.59. The largest absolute Gasteiger partial charge is 0.416 e. The third-order valence-electron chi connectivity index (χ3n) is 6.00. The number of carbonyl (C=O) groups excluding carboxylic acids is 2. The zero-order chi connectivity index (χ0) is 29.9. The van der Waals surface area contributed by atoms with Crippen LogP contribution in [0.1, 0.15) is 32.9 Å². The SMILES string of the molecule is Cc1cccc(-n2c(CNC(=O)c3cc(Br)ccc3Cl)nnc2SCC(=O)Nc2cc(C(F)(F)F)ccc2Cl)c1C. The van der Waals surface area contributed by atoms with E-state index in [1.165, 1.54) is 0 Å². The van der Waals surface area contributed by atoms with Crippen molar-refractivity contribution in [1.29, 1.82) is 0 Å². The van der Waals surface area contributed by atoms with E-state index in [9.17, 15) is 22.8 Å². The highest BCUT2D eigenvalue weighted by atomic mass is 79.9. The van der Waals surface area contributed by atoms with E-state index >= 15 is 0 Å². The number of thioether (sulfide) groups is 1. The molecule has 0 saturated heterocycles. The third kappa shape index (κ3) is 7.42. The average Bonchev–Trinajstić information content (AvgIpc) is 3.32. The number of aromatic nitrogens is 3. The van der Waals surface area contributed by atoms with Crippen molar-refractivity contribution in [1.82, 2.24) is 20.1 Å². The molecule has 0 aliphatic carbocycles. The van der Waals surface area contributed by atoms with Crippen LogP contribution < -0.4 is 10.6 Å². The molecule has 7 nitrogen and oxygen atoms in total. The Balaban J connectivity index is 1.56. The van der Waals surface area contributed by atoms with E-state index in [1.807, 2.05) is 32.0 Å². The van der Waals surface area contributed by atoms with E-state index in [1.54, 1.807) is 22.8 Å². The molecule has 1 heterocycles. The predicted molar refractivity (Wildman–Crippen MR) is 157 cm³/mol. The van der Waals surface area contributed by atoms with E-state index in [0.29, 0.717) is 15.5 Å². The van der Waals surface area contributed by atoms with Crippen molar-refractivity contribution in [2.45, 2.75) is 31.7 Å². The highest BCUT2D eigenvalue weighted by Crippen LogP contribution is 2.34. The summed E-state index contributed by atoms with van der Waals surface area (Å²) in [4.78, 5) is 25.6. The molecule has 0 aliphatic rings. The molecule has 0 atom stereocenters. The third-order valence-corrected chi connectivity index (χ3v) is 8.08. The Morgan fingerprint density at radius 1 is 1.02 bits per heavy atom. The van der Waals surface area contributed by atoms with Crippen molar-refractivity contribution in [3.8, 4) is 5.69 Å². The van der Waals surface area contributed by atoms with Gasteiger partial charge in [0, 0.05) is 4.47 Å². The van der Waals surface area contributed by atoms with Crippen molar-refractivity contribution in [2.24, 2.45) is 0 Å². The van der Waals surface area contributed by atoms with Crippen LogP contribution >= 0.6 is 50.9 Å². The lowest BCUT2D eigenvalue weighted by atomic mass is 10.1. The van der Waals surface area contributed by atoms with E-state index in [4.69, 9.17) is 23.2 Å². The predicted octanol–water partition coefficient (Wildman–Crippen LogP) is 7.63. The summed E-state index contributed by atoms with van der Waals surface area (Å²) in [5.41, 5.74) is 1.85. The Kier molecular flexibility index (Phi) is 9.68. The fourth-order valence-corrected chi connectivity index (χ4v) is 5.26. The van der Waals surface area contributed by atoms with Gasteiger partial charge in [-0.15, -0.1) is 10.2 Å². The Bertz CT molecular complexity index is 1630. The molecule has 4 rings (SSSR count). The molecule has 214 valence electrons. The van der Waals surface area contributed by atoms with Crippen molar-refractivity contribution >= 4 is 68.4 Å². The number of benzene rings is 3. The Labute approximate surface area is 256 Å². The number of nitrogens with zero attached hydrogens (tertiary/aromatic N) is 3. The maximum Gasteiger partial charge on any atom is 0.416 e. The molecule has 0 bridgehead atoms. The van der Waals surface area contributed by atoms with Crippen LogP contribution in [0.15, 0.2) is 64.2 Å². The molecule has 0 saturated carbocycles. The van der Waals surface area contributed by atoms with Crippen LogP contribution in [0.25, 0.3) is 5.69 Å². The molecule has 2 N–H and O–H groups in total. The van der Waals surface area contributed by atoms with Crippen molar-refractivity contribution in [3.63, 3.8) is 0 Å². The molecule has 3 aromatic carbocycles. The summed E-state index contributed by atoms with van der Waals surface area (Å²) < 4.78 is 41.7. The van der Waals surface area contributed by atoms with E-state index in [2.05, 4.69) is 36.8 Å². The van der Waals surface area contributed by atoms with Gasteiger partial charge in [0.25, 0.3) is 5.91 Å². The van der Waals surface area contributed by atoms with Gasteiger partial charge in [-0.1, -0.05) is 63.0 Å². The Morgan fingerprint density at radius 2 is 1.76 bits per heavy atom. The normalized spacial score (nSPS) is 11.4. The quantitative estimate of drug-likeness (QED) is 0.186. The minimum Gasteiger partial charge on any atom is -0.345 e. The van der Waals surface area contributed by atoms with Gasteiger partial charge in [-0.2, -0.15) is 13.2 Å². The summed E-state index contributed by atoms with van der Waals surface area (Å²) in [5, 5.41) is 14.3. The number of hydrogen-bond acceptors (Lipinski definition) is 5. The highest BCUT2D eigenvalue weighted by molar-refractivity contribution is 9.10. The zero-order valence-corrected chi connectivity index (χ0v) is 25.4. The summed E-state index contributed by atoms with van der Waals surface area (Å²) in [5.74, 6) is -0.818. The first-order valence-corrected chi connectivity index (χ1v) is 14.4. The first-order chi connectivity index (χ1) is 19.3. The first kappa shape index (κ1) is 30.9. The standard InChI is InChI=1S/C27H21BrCl2F3N5O2S/c1-14-4-3-5-22(15(14)2)38-23(12-34-25(40)18-11-17(28)7-9-19(18)29)36-37-26(38)41-13-24(39)35-21-10-16(27(31,32)33)6-8-20(21)30/h3-11H,12-13H2,1-2H3,(H,34,40)(H,35,39). The van der Waals surface area contributed by atoms with Crippen molar-refractivity contribution in [2.75, 3.05) is 11.1 Å². The molecule has 0 radical (unpaired) electrons. The number of nitrogens with one attached hydrogen (secondary N) is 2. The Hall–Kier alpha value is -3.06. The van der Waals surface area contributed by atoms with Crippen LogP contribution in [-0.4, -0.2) is 32.3 Å². The van der Waals surface area contributed by atoms with Crippen LogP contribution in [0.2, 0.25) is 10.0 Å². The number of halogens is 6.